The van der Waals surface area contributed by atoms with Crippen LogP contribution in [0.3, 0.4) is 0 Å². The number of fused-ring (bicyclic) bond motifs is 3. The smallest absolute Gasteiger partial charge is 0.229 e. The van der Waals surface area contributed by atoms with Gasteiger partial charge in [0.15, 0.2) is 11.2 Å². The largest absolute Gasteiger partial charge is 0.504 e. The molecule has 1 unspecified atom stereocenters. The number of Topliss-reactive ketones (excluding diaryl/α,β-unsaturated/α-hetero) is 1. The van der Waals surface area contributed by atoms with Crippen molar-refractivity contribution in [3.8, 4) is 22.8 Å². The first-order valence-corrected chi connectivity index (χ1v) is 10.2. The highest BCUT2D eigenvalue weighted by molar-refractivity contribution is 5.94. The summed E-state index contributed by atoms with van der Waals surface area (Å²) in [6.07, 6.45) is 2.32. The molecule has 0 N–H and O–H groups in total. The van der Waals surface area contributed by atoms with Crippen molar-refractivity contribution in [2.45, 2.75) is 40.2 Å². The van der Waals surface area contributed by atoms with Crippen LogP contribution >= 0.6 is 0 Å². The fraction of sp³-hybridized carbons (Fsp3) is 0.458. The van der Waals surface area contributed by atoms with Gasteiger partial charge in [-0.1, -0.05) is 20.8 Å². The molecule has 1 aromatic carbocycles. The van der Waals surface area contributed by atoms with Gasteiger partial charge >= 0.3 is 0 Å². The molecule has 0 radical (unpaired) electrons. The van der Waals surface area contributed by atoms with Gasteiger partial charge in [0.1, 0.15) is 18.1 Å². The first kappa shape index (κ1) is 22.6. The molecular weight excluding hydrogens is 396 g/mol. The van der Waals surface area contributed by atoms with E-state index in [0.29, 0.717) is 54.7 Å². The maximum absolute atomic E-state index is 12.7. The highest BCUT2D eigenvalue weighted by Gasteiger charge is 2.33. The van der Waals surface area contributed by atoms with Gasteiger partial charge in [-0.2, -0.15) is 0 Å². The van der Waals surface area contributed by atoms with E-state index in [1.54, 1.807) is 25.4 Å². The van der Waals surface area contributed by atoms with Crippen LogP contribution in [0.1, 0.15) is 50.5 Å². The van der Waals surface area contributed by atoms with Gasteiger partial charge in [-0.05, 0) is 18.4 Å². The van der Waals surface area contributed by atoms with Crippen molar-refractivity contribution in [3.05, 3.63) is 51.6 Å². The molecule has 31 heavy (non-hydrogen) atoms. The molecule has 1 atom stereocenters. The van der Waals surface area contributed by atoms with E-state index in [1.165, 1.54) is 13.0 Å². The van der Waals surface area contributed by atoms with Crippen LogP contribution in [0, 0.1) is 12.0 Å². The van der Waals surface area contributed by atoms with E-state index in [4.69, 9.17) is 20.8 Å². The zero-order chi connectivity index (χ0) is 22.8. The Balaban J connectivity index is 2.18. The second-order valence-electron chi connectivity index (χ2n) is 8.72. The summed E-state index contributed by atoms with van der Waals surface area (Å²) in [5, 5.41) is 0. The van der Waals surface area contributed by atoms with Crippen molar-refractivity contribution in [3.63, 3.8) is 0 Å². The maximum atomic E-state index is 12.7. The highest BCUT2D eigenvalue weighted by Crippen LogP contribution is 2.45. The number of rotatable bonds is 6. The summed E-state index contributed by atoms with van der Waals surface area (Å²) in [6, 6.07) is 4.75. The number of carbonyl (C=O) groups excluding carboxylic acids is 1. The number of pyridine rings is 1. The van der Waals surface area contributed by atoms with Crippen molar-refractivity contribution in [2.75, 3.05) is 26.9 Å². The molecule has 2 heterocycles. The molecule has 0 bridgehead atoms. The second-order valence-corrected chi connectivity index (χ2v) is 8.72. The lowest BCUT2D eigenvalue weighted by molar-refractivity contribution is 0.101. The standard InChI is InChI=1S/C24H28N2O5/c1-15(27)17-13-26-19(11-20(17)28)16-10-18(25-5)22(30-9-7-8-29-6)12-21(16)31-14-23(26)24(2,3)4/h10-13,23H,7-9,14H2,1-4,6H3. The third-order valence-corrected chi connectivity index (χ3v) is 5.40. The van der Waals surface area contributed by atoms with Crippen LogP contribution in [-0.4, -0.2) is 37.3 Å². The molecule has 2 aromatic rings. The summed E-state index contributed by atoms with van der Waals surface area (Å²) in [6.45, 7) is 16.6. The monoisotopic (exact) mass is 424 g/mol. The van der Waals surface area contributed by atoms with Crippen molar-refractivity contribution >= 4 is 11.5 Å². The fourth-order valence-corrected chi connectivity index (χ4v) is 3.66. The zero-order valence-electron chi connectivity index (χ0n) is 18.7. The Morgan fingerprint density at radius 2 is 2.03 bits per heavy atom. The summed E-state index contributed by atoms with van der Waals surface area (Å²) < 4.78 is 19.0. The van der Waals surface area contributed by atoms with Crippen LogP contribution < -0.4 is 14.9 Å². The van der Waals surface area contributed by atoms with E-state index in [0.717, 1.165) is 0 Å². The molecule has 0 spiro atoms. The SMILES string of the molecule is [C-]#[N+]c1cc2c(cc1OCCCOC)OCC(C(C)(C)C)n1cc(C(C)=O)c(=O)cc1-2. The summed E-state index contributed by atoms with van der Waals surface area (Å²) >= 11 is 0. The lowest BCUT2D eigenvalue weighted by Crippen LogP contribution is -2.31. The lowest BCUT2D eigenvalue weighted by Gasteiger charge is -2.32. The summed E-state index contributed by atoms with van der Waals surface area (Å²) in [4.78, 5) is 28.3. The van der Waals surface area contributed by atoms with Crippen LogP contribution in [0.25, 0.3) is 16.1 Å². The number of aromatic nitrogens is 1. The fourth-order valence-electron chi connectivity index (χ4n) is 3.66. The van der Waals surface area contributed by atoms with E-state index in [-0.39, 0.29) is 28.2 Å². The molecule has 164 valence electrons. The molecule has 0 aliphatic carbocycles. The molecular formula is C24H28N2O5. The van der Waals surface area contributed by atoms with E-state index in [9.17, 15) is 9.59 Å². The normalized spacial score (nSPS) is 15.2. The van der Waals surface area contributed by atoms with Crippen molar-refractivity contribution in [2.24, 2.45) is 5.41 Å². The Morgan fingerprint density at radius 1 is 1.29 bits per heavy atom. The van der Waals surface area contributed by atoms with E-state index >= 15 is 0 Å². The van der Waals surface area contributed by atoms with Crippen LogP contribution in [0.2, 0.25) is 0 Å². The Kier molecular flexibility index (Phi) is 6.51. The number of ether oxygens (including phenoxy) is 3. The van der Waals surface area contributed by atoms with Gasteiger partial charge in [-0.3, -0.25) is 9.59 Å². The number of hydrogen-bond acceptors (Lipinski definition) is 5. The van der Waals surface area contributed by atoms with E-state index < -0.39 is 0 Å². The first-order chi connectivity index (χ1) is 14.7. The molecule has 7 nitrogen and oxygen atoms in total. The zero-order valence-corrected chi connectivity index (χ0v) is 18.7. The highest BCUT2D eigenvalue weighted by atomic mass is 16.5. The van der Waals surface area contributed by atoms with Gasteiger partial charge in [0.05, 0.1) is 30.5 Å². The van der Waals surface area contributed by atoms with Crippen LogP contribution in [0.5, 0.6) is 11.5 Å². The Bertz CT molecular complexity index is 1090. The third kappa shape index (κ3) is 4.64. The number of carbonyl (C=O) groups is 1. The number of nitrogens with zero attached hydrogens (tertiary/aromatic N) is 2. The third-order valence-electron chi connectivity index (χ3n) is 5.40. The lowest BCUT2D eigenvalue weighted by atomic mass is 9.86. The quantitative estimate of drug-likeness (QED) is 0.383. The first-order valence-electron chi connectivity index (χ1n) is 10.2. The number of ketones is 1. The molecule has 3 rings (SSSR count). The van der Waals surface area contributed by atoms with Gasteiger partial charge in [0, 0.05) is 44.0 Å². The molecule has 1 aliphatic rings. The average molecular weight is 424 g/mol. The minimum absolute atomic E-state index is 0.129. The molecule has 0 amide bonds. The molecule has 1 aliphatic heterocycles. The van der Waals surface area contributed by atoms with Gasteiger partial charge in [-0.25, -0.2) is 4.85 Å². The maximum Gasteiger partial charge on any atom is 0.229 e. The van der Waals surface area contributed by atoms with E-state index in [1.807, 2.05) is 4.57 Å². The Hall–Kier alpha value is -3.11. The predicted octanol–water partition coefficient (Wildman–Crippen LogP) is 4.66. The molecule has 1 aromatic heterocycles. The minimum atomic E-state index is -0.344. The number of benzene rings is 1. The van der Waals surface area contributed by atoms with Gasteiger partial charge in [-0.15, -0.1) is 0 Å². The van der Waals surface area contributed by atoms with Crippen molar-refractivity contribution in [1.29, 1.82) is 0 Å². The predicted molar refractivity (Wildman–Crippen MR) is 118 cm³/mol. The summed E-state index contributed by atoms with van der Waals surface area (Å²) in [5.41, 5.74) is 1.19. The molecule has 0 saturated heterocycles. The number of hydrogen-bond donors (Lipinski definition) is 0. The number of methoxy groups -OCH3 is 1. The average Bonchev–Trinajstić information content (AvgIpc) is 2.85. The van der Waals surface area contributed by atoms with Gasteiger partial charge in [0.2, 0.25) is 5.69 Å². The minimum Gasteiger partial charge on any atom is -0.504 e. The van der Waals surface area contributed by atoms with Crippen LogP contribution in [0.15, 0.2) is 29.2 Å². The van der Waals surface area contributed by atoms with E-state index in [2.05, 4.69) is 25.6 Å². The Labute approximate surface area is 182 Å². The molecule has 0 saturated carbocycles. The van der Waals surface area contributed by atoms with Crippen molar-refractivity contribution in [1.82, 2.24) is 4.57 Å². The Morgan fingerprint density at radius 3 is 2.65 bits per heavy atom. The molecule has 0 fully saturated rings. The topological polar surface area (TPSA) is 71.1 Å². The van der Waals surface area contributed by atoms with Crippen LogP contribution in [0.4, 0.5) is 5.69 Å². The molecule has 7 heteroatoms. The summed E-state index contributed by atoms with van der Waals surface area (Å²) in [5.74, 6) is 0.706. The van der Waals surface area contributed by atoms with Gasteiger partial charge < -0.3 is 18.8 Å². The second kappa shape index (κ2) is 8.94. The summed E-state index contributed by atoms with van der Waals surface area (Å²) in [7, 11) is 1.63. The van der Waals surface area contributed by atoms with Crippen LogP contribution in [-0.2, 0) is 4.74 Å². The van der Waals surface area contributed by atoms with Gasteiger partial charge in [0.25, 0.3) is 0 Å². The van der Waals surface area contributed by atoms with Crippen molar-refractivity contribution < 1.29 is 19.0 Å².